The van der Waals surface area contributed by atoms with Crippen molar-refractivity contribution in [2.75, 3.05) is 13.2 Å². The monoisotopic (exact) mass is 296 g/mol. The van der Waals surface area contributed by atoms with E-state index < -0.39 is 0 Å². The lowest BCUT2D eigenvalue weighted by Gasteiger charge is -2.24. The van der Waals surface area contributed by atoms with Crippen molar-refractivity contribution in [3.8, 4) is 0 Å². The molecule has 2 rings (SSSR count). The smallest absolute Gasteiger partial charge is 0.115 e. The molecule has 1 aromatic rings. The predicted molar refractivity (Wildman–Crippen MR) is 71.6 cm³/mol. The van der Waals surface area contributed by atoms with Crippen LogP contribution in [0.25, 0.3) is 0 Å². The van der Waals surface area contributed by atoms with Crippen LogP contribution >= 0.6 is 15.9 Å². The Morgan fingerprint density at radius 3 is 3.12 bits per heavy atom. The van der Waals surface area contributed by atoms with Crippen LogP contribution in [0.5, 0.6) is 0 Å². The first-order chi connectivity index (χ1) is 8.33. The second-order valence-corrected chi connectivity index (χ2v) is 4.81. The number of aromatic nitrogens is 1. The molecule has 0 spiro atoms. The Labute approximate surface area is 110 Å². The van der Waals surface area contributed by atoms with Crippen molar-refractivity contribution in [3.63, 3.8) is 0 Å². The predicted octanol–water partition coefficient (Wildman–Crippen LogP) is 3.19. The molecule has 1 aromatic heterocycles. The van der Waals surface area contributed by atoms with E-state index in [1.54, 1.807) is 0 Å². The fraction of sp³-hybridized carbons (Fsp3) is 0.462. The Kier molecular flexibility index (Phi) is 4.57. The SMILES string of the molecule is CCNC(C1=CCCCO1)c1ncccc1Br. The number of allylic oxidation sites excluding steroid dienone is 1. The fourth-order valence-corrected chi connectivity index (χ4v) is 2.41. The Bertz CT molecular complexity index is 406. The molecule has 0 saturated carbocycles. The molecule has 4 heteroatoms. The summed E-state index contributed by atoms with van der Waals surface area (Å²) in [6, 6.07) is 3.99. The van der Waals surface area contributed by atoms with E-state index in [9.17, 15) is 0 Å². The van der Waals surface area contributed by atoms with Crippen LogP contribution in [0.2, 0.25) is 0 Å². The summed E-state index contributed by atoms with van der Waals surface area (Å²) in [7, 11) is 0. The highest BCUT2D eigenvalue weighted by atomic mass is 79.9. The number of ether oxygens (including phenoxy) is 1. The van der Waals surface area contributed by atoms with Crippen LogP contribution < -0.4 is 5.32 Å². The number of halogens is 1. The minimum atomic E-state index is 0.0517. The average Bonchev–Trinajstić information content (AvgIpc) is 2.38. The minimum absolute atomic E-state index is 0.0517. The highest BCUT2D eigenvalue weighted by Gasteiger charge is 2.22. The minimum Gasteiger partial charge on any atom is -0.496 e. The summed E-state index contributed by atoms with van der Waals surface area (Å²) in [5.74, 6) is 0.998. The quantitative estimate of drug-likeness (QED) is 0.926. The van der Waals surface area contributed by atoms with Gasteiger partial charge in [0.25, 0.3) is 0 Å². The highest BCUT2D eigenvalue weighted by Crippen LogP contribution is 2.29. The maximum Gasteiger partial charge on any atom is 0.115 e. The molecule has 0 bridgehead atoms. The summed E-state index contributed by atoms with van der Waals surface area (Å²) in [5.41, 5.74) is 0.988. The van der Waals surface area contributed by atoms with Gasteiger partial charge < -0.3 is 10.1 Å². The van der Waals surface area contributed by atoms with Gasteiger partial charge in [0.05, 0.1) is 12.3 Å². The molecule has 17 heavy (non-hydrogen) atoms. The van der Waals surface area contributed by atoms with Crippen molar-refractivity contribution in [3.05, 3.63) is 40.3 Å². The summed E-state index contributed by atoms with van der Waals surface area (Å²) < 4.78 is 6.75. The number of rotatable bonds is 4. The van der Waals surface area contributed by atoms with E-state index in [1.807, 2.05) is 18.3 Å². The van der Waals surface area contributed by atoms with Gasteiger partial charge in [0.2, 0.25) is 0 Å². The topological polar surface area (TPSA) is 34.1 Å². The van der Waals surface area contributed by atoms with Gasteiger partial charge >= 0.3 is 0 Å². The average molecular weight is 297 g/mol. The fourth-order valence-electron chi connectivity index (χ4n) is 1.92. The van der Waals surface area contributed by atoms with Crippen LogP contribution in [0.4, 0.5) is 0 Å². The third-order valence-electron chi connectivity index (χ3n) is 2.72. The van der Waals surface area contributed by atoms with Gasteiger partial charge in [-0.15, -0.1) is 0 Å². The Hall–Kier alpha value is -0.870. The Morgan fingerprint density at radius 1 is 1.59 bits per heavy atom. The summed E-state index contributed by atoms with van der Waals surface area (Å²) >= 11 is 3.55. The van der Waals surface area contributed by atoms with Gasteiger partial charge in [-0.25, -0.2) is 0 Å². The van der Waals surface area contributed by atoms with Gasteiger partial charge in [0.1, 0.15) is 11.8 Å². The van der Waals surface area contributed by atoms with E-state index in [1.165, 1.54) is 0 Å². The number of likely N-dealkylation sites (N-methyl/N-ethyl adjacent to an activating group) is 1. The molecule has 92 valence electrons. The maximum atomic E-state index is 5.74. The molecular weight excluding hydrogens is 280 g/mol. The molecule has 0 radical (unpaired) electrons. The zero-order chi connectivity index (χ0) is 12.1. The van der Waals surface area contributed by atoms with Crippen LogP contribution in [0.3, 0.4) is 0 Å². The lowest BCUT2D eigenvalue weighted by Crippen LogP contribution is -2.26. The molecule has 1 N–H and O–H groups in total. The van der Waals surface area contributed by atoms with Crippen molar-refractivity contribution in [2.45, 2.75) is 25.8 Å². The first-order valence-electron chi connectivity index (χ1n) is 5.99. The summed E-state index contributed by atoms with van der Waals surface area (Å²) in [6.07, 6.45) is 6.17. The second-order valence-electron chi connectivity index (χ2n) is 3.96. The molecule has 0 aliphatic carbocycles. The molecule has 0 aromatic carbocycles. The van der Waals surface area contributed by atoms with E-state index in [0.29, 0.717) is 0 Å². The maximum absolute atomic E-state index is 5.74. The first kappa shape index (κ1) is 12.6. The van der Waals surface area contributed by atoms with Crippen molar-refractivity contribution >= 4 is 15.9 Å². The summed E-state index contributed by atoms with van der Waals surface area (Å²) in [5, 5.41) is 3.42. The van der Waals surface area contributed by atoms with Crippen molar-refractivity contribution in [1.29, 1.82) is 0 Å². The van der Waals surface area contributed by atoms with Crippen molar-refractivity contribution in [2.24, 2.45) is 0 Å². The molecule has 1 atom stereocenters. The lowest BCUT2D eigenvalue weighted by molar-refractivity contribution is 0.167. The van der Waals surface area contributed by atoms with Gasteiger partial charge in [-0.1, -0.05) is 6.92 Å². The van der Waals surface area contributed by atoms with Crippen LogP contribution in [0.1, 0.15) is 31.5 Å². The molecule has 0 amide bonds. The van der Waals surface area contributed by atoms with E-state index in [4.69, 9.17) is 4.74 Å². The van der Waals surface area contributed by atoms with E-state index >= 15 is 0 Å². The Morgan fingerprint density at radius 2 is 2.47 bits per heavy atom. The number of hydrogen-bond acceptors (Lipinski definition) is 3. The standard InChI is InChI=1S/C13H17BrN2O/c1-2-15-13(11-7-3-4-9-17-11)12-10(14)6-5-8-16-12/h5-8,13,15H,2-4,9H2,1H3. The molecule has 1 aliphatic heterocycles. The molecule has 3 nitrogen and oxygen atoms in total. The lowest BCUT2D eigenvalue weighted by atomic mass is 10.1. The molecule has 0 fully saturated rings. The van der Waals surface area contributed by atoms with Gasteiger partial charge in [0, 0.05) is 10.7 Å². The van der Waals surface area contributed by atoms with Gasteiger partial charge in [0.15, 0.2) is 0 Å². The molecule has 1 aliphatic rings. The van der Waals surface area contributed by atoms with E-state index in [0.717, 1.165) is 41.9 Å². The zero-order valence-corrected chi connectivity index (χ0v) is 11.5. The zero-order valence-electron chi connectivity index (χ0n) is 9.95. The highest BCUT2D eigenvalue weighted by molar-refractivity contribution is 9.10. The number of pyridine rings is 1. The molecule has 0 saturated heterocycles. The van der Waals surface area contributed by atoms with Gasteiger partial charge in [-0.2, -0.15) is 0 Å². The van der Waals surface area contributed by atoms with Crippen LogP contribution in [0, 0.1) is 0 Å². The molecule has 1 unspecified atom stereocenters. The molecular formula is C13H17BrN2O. The number of nitrogens with zero attached hydrogens (tertiary/aromatic N) is 1. The van der Waals surface area contributed by atoms with Crippen molar-refractivity contribution < 1.29 is 4.74 Å². The normalized spacial score (nSPS) is 17.2. The summed E-state index contributed by atoms with van der Waals surface area (Å²) in [4.78, 5) is 4.44. The Balaban J connectivity index is 2.28. The third kappa shape index (κ3) is 3.07. The van der Waals surface area contributed by atoms with Crippen molar-refractivity contribution in [1.82, 2.24) is 10.3 Å². The first-order valence-corrected chi connectivity index (χ1v) is 6.79. The van der Waals surface area contributed by atoms with Crippen LogP contribution in [-0.2, 0) is 4.74 Å². The van der Waals surface area contributed by atoms with Gasteiger partial charge in [-0.05, 0) is 53.5 Å². The molecule has 2 heterocycles. The van der Waals surface area contributed by atoms with Crippen LogP contribution in [-0.4, -0.2) is 18.1 Å². The number of nitrogens with one attached hydrogen (secondary N) is 1. The van der Waals surface area contributed by atoms with E-state index in [-0.39, 0.29) is 6.04 Å². The third-order valence-corrected chi connectivity index (χ3v) is 3.39. The van der Waals surface area contributed by atoms with Crippen LogP contribution in [0.15, 0.2) is 34.6 Å². The number of hydrogen-bond donors (Lipinski definition) is 1. The van der Waals surface area contributed by atoms with Gasteiger partial charge in [-0.3, -0.25) is 4.98 Å². The second kappa shape index (κ2) is 6.17. The largest absolute Gasteiger partial charge is 0.496 e. The van der Waals surface area contributed by atoms with E-state index in [2.05, 4.69) is 39.2 Å². The summed E-state index contributed by atoms with van der Waals surface area (Å²) in [6.45, 7) is 3.78.